The Kier molecular flexibility index (Phi) is 4.86. The van der Waals surface area contributed by atoms with Gasteiger partial charge in [-0.15, -0.1) is 0 Å². The molecule has 2 rings (SSSR count). The van der Waals surface area contributed by atoms with Crippen molar-refractivity contribution < 1.29 is 29.0 Å². The summed E-state index contributed by atoms with van der Waals surface area (Å²) in [6.45, 7) is -0.709. The zero-order valence-corrected chi connectivity index (χ0v) is 12.3. The number of nitrogens with zero attached hydrogens (tertiary/aromatic N) is 3. The lowest BCUT2D eigenvalue weighted by atomic mass is 10.1. The van der Waals surface area contributed by atoms with Crippen molar-refractivity contribution in [2.24, 2.45) is 0 Å². The van der Waals surface area contributed by atoms with Crippen molar-refractivity contribution in [1.82, 2.24) is 9.97 Å². The maximum Gasteiger partial charge on any atom is 0.329 e. The van der Waals surface area contributed by atoms with Gasteiger partial charge in [0.05, 0.1) is 31.3 Å². The van der Waals surface area contributed by atoms with Crippen LogP contribution in [0.1, 0.15) is 5.56 Å². The van der Waals surface area contributed by atoms with Gasteiger partial charge in [-0.05, 0) is 0 Å². The van der Waals surface area contributed by atoms with E-state index >= 15 is 0 Å². The number of nitro benzene ring substituents is 1. The lowest BCUT2D eigenvalue weighted by Gasteiger charge is -2.10. The molecule has 0 aliphatic heterocycles. The van der Waals surface area contributed by atoms with E-state index in [1.54, 1.807) is 0 Å². The predicted octanol–water partition coefficient (Wildman–Crippen LogP) is 1.16. The first kappa shape index (κ1) is 16.4. The van der Waals surface area contributed by atoms with Crippen LogP contribution in [0.2, 0.25) is 0 Å². The molecule has 0 radical (unpaired) electrons. The summed E-state index contributed by atoms with van der Waals surface area (Å²) < 4.78 is 15.1. The van der Waals surface area contributed by atoms with Crippen LogP contribution in [0.15, 0.2) is 12.1 Å². The van der Waals surface area contributed by atoms with Gasteiger partial charge in [0.15, 0.2) is 0 Å². The van der Waals surface area contributed by atoms with Gasteiger partial charge in [0, 0.05) is 17.7 Å². The summed E-state index contributed by atoms with van der Waals surface area (Å²) in [7, 11) is 2.75. The van der Waals surface area contributed by atoms with Gasteiger partial charge in [-0.2, -0.15) is 0 Å². The molecular formula is C13H13N3O7. The Morgan fingerprint density at radius 3 is 2.48 bits per heavy atom. The Morgan fingerprint density at radius 1 is 1.26 bits per heavy atom. The van der Waals surface area contributed by atoms with Crippen molar-refractivity contribution in [2.45, 2.75) is 6.61 Å². The van der Waals surface area contributed by atoms with E-state index in [1.807, 2.05) is 0 Å². The number of carboxylic acids is 1. The molecule has 2 aromatic rings. The summed E-state index contributed by atoms with van der Waals surface area (Å²) in [5, 5.41) is 19.6. The van der Waals surface area contributed by atoms with Gasteiger partial charge in [0.2, 0.25) is 0 Å². The number of ether oxygens (including phenoxy) is 3. The Morgan fingerprint density at radius 2 is 1.91 bits per heavy atom. The molecule has 0 aliphatic carbocycles. The van der Waals surface area contributed by atoms with Crippen molar-refractivity contribution in [1.29, 1.82) is 0 Å². The highest BCUT2D eigenvalue weighted by Gasteiger charge is 2.18. The van der Waals surface area contributed by atoms with Crippen LogP contribution in [0.3, 0.4) is 0 Å². The highest BCUT2D eigenvalue weighted by molar-refractivity contribution is 5.82. The number of non-ortho nitro benzene ring substituents is 1. The standard InChI is InChI=1S/C13H13N3O7/c1-21-12-13(22-2)15-11-7(5-23-6-10(17)18)3-8(16(19)20)4-9(11)14-12/h3-4H,5-6H2,1-2H3,(H,17,18). The minimum atomic E-state index is -1.15. The molecule has 0 saturated carbocycles. The van der Waals surface area contributed by atoms with E-state index in [4.69, 9.17) is 19.3 Å². The Labute approximate surface area is 129 Å². The van der Waals surface area contributed by atoms with Crippen molar-refractivity contribution in [2.75, 3.05) is 20.8 Å². The van der Waals surface area contributed by atoms with Gasteiger partial charge < -0.3 is 19.3 Å². The fraction of sp³-hybridized carbons (Fsp3) is 0.308. The van der Waals surface area contributed by atoms with Gasteiger partial charge in [0.1, 0.15) is 12.1 Å². The van der Waals surface area contributed by atoms with Crippen molar-refractivity contribution in [3.8, 4) is 11.8 Å². The summed E-state index contributed by atoms with van der Waals surface area (Å²) >= 11 is 0. The first-order valence-corrected chi connectivity index (χ1v) is 6.32. The molecule has 0 spiro atoms. The van der Waals surface area contributed by atoms with Crippen LogP contribution in [0.4, 0.5) is 5.69 Å². The van der Waals surface area contributed by atoms with Gasteiger partial charge >= 0.3 is 5.97 Å². The number of aromatic nitrogens is 2. The van der Waals surface area contributed by atoms with E-state index in [1.165, 1.54) is 26.4 Å². The van der Waals surface area contributed by atoms with E-state index in [0.29, 0.717) is 11.1 Å². The smallest absolute Gasteiger partial charge is 0.329 e. The lowest BCUT2D eigenvalue weighted by Crippen LogP contribution is -2.08. The third kappa shape index (κ3) is 3.61. The number of carbonyl (C=O) groups is 1. The molecule has 122 valence electrons. The maximum atomic E-state index is 11.0. The summed E-state index contributed by atoms with van der Waals surface area (Å²) in [6.07, 6.45) is 0. The second-order valence-corrected chi connectivity index (χ2v) is 4.36. The zero-order valence-electron chi connectivity index (χ0n) is 12.3. The minimum Gasteiger partial charge on any atom is -0.480 e. The summed E-state index contributed by atoms with van der Waals surface area (Å²) in [5.41, 5.74) is 0.626. The van der Waals surface area contributed by atoms with Crippen LogP contribution < -0.4 is 9.47 Å². The van der Waals surface area contributed by atoms with Crippen molar-refractivity contribution >= 4 is 22.7 Å². The molecule has 23 heavy (non-hydrogen) atoms. The molecule has 0 aliphatic rings. The van der Waals surface area contributed by atoms with E-state index in [9.17, 15) is 14.9 Å². The molecule has 0 amide bonds. The first-order valence-electron chi connectivity index (χ1n) is 6.32. The predicted molar refractivity (Wildman–Crippen MR) is 76.6 cm³/mol. The molecule has 10 heteroatoms. The van der Waals surface area contributed by atoms with Crippen LogP contribution in [0.5, 0.6) is 11.8 Å². The fourth-order valence-electron chi connectivity index (χ4n) is 1.91. The number of carboxylic acid groups (broad SMARTS) is 1. The highest BCUT2D eigenvalue weighted by Crippen LogP contribution is 2.30. The van der Waals surface area contributed by atoms with Crippen LogP contribution in [0.25, 0.3) is 11.0 Å². The van der Waals surface area contributed by atoms with Gasteiger partial charge in [0.25, 0.3) is 17.4 Å². The molecule has 1 heterocycles. The monoisotopic (exact) mass is 323 g/mol. The third-order valence-corrected chi connectivity index (χ3v) is 2.85. The maximum absolute atomic E-state index is 11.0. The number of fused-ring (bicyclic) bond motifs is 1. The first-order chi connectivity index (χ1) is 11.0. The Balaban J connectivity index is 2.56. The fourth-order valence-corrected chi connectivity index (χ4v) is 1.91. The van der Waals surface area contributed by atoms with Gasteiger partial charge in [-0.1, -0.05) is 0 Å². The lowest BCUT2D eigenvalue weighted by molar-refractivity contribution is -0.384. The van der Waals surface area contributed by atoms with E-state index in [2.05, 4.69) is 9.97 Å². The van der Waals surface area contributed by atoms with Crippen LogP contribution in [-0.4, -0.2) is 46.8 Å². The van der Waals surface area contributed by atoms with Crippen molar-refractivity contribution in [3.05, 3.63) is 27.8 Å². The average molecular weight is 323 g/mol. The molecule has 1 aromatic heterocycles. The normalized spacial score (nSPS) is 10.5. The van der Waals surface area contributed by atoms with Crippen LogP contribution >= 0.6 is 0 Å². The summed E-state index contributed by atoms with van der Waals surface area (Å²) in [6, 6.07) is 2.50. The number of methoxy groups -OCH3 is 2. The number of rotatable bonds is 7. The second kappa shape index (κ2) is 6.83. The molecule has 0 atom stereocenters. The van der Waals surface area contributed by atoms with Gasteiger partial charge in [-0.25, -0.2) is 14.8 Å². The van der Waals surface area contributed by atoms with Crippen molar-refractivity contribution in [3.63, 3.8) is 0 Å². The molecule has 0 unspecified atom stereocenters. The molecule has 0 fully saturated rings. The SMILES string of the molecule is COc1nc2cc([N+](=O)[O-])cc(COCC(=O)O)c2nc1OC. The minimum absolute atomic E-state index is 0.0814. The molecular weight excluding hydrogens is 310 g/mol. The third-order valence-electron chi connectivity index (χ3n) is 2.85. The number of aliphatic carboxylic acids is 1. The Bertz CT molecular complexity index is 763. The molecule has 1 N–H and O–H groups in total. The molecule has 0 saturated heterocycles. The second-order valence-electron chi connectivity index (χ2n) is 4.36. The van der Waals surface area contributed by atoms with E-state index < -0.39 is 17.5 Å². The van der Waals surface area contributed by atoms with E-state index in [-0.39, 0.29) is 29.6 Å². The topological polar surface area (TPSA) is 134 Å². The number of hydrogen-bond acceptors (Lipinski definition) is 8. The molecule has 1 aromatic carbocycles. The average Bonchev–Trinajstić information content (AvgIpc) is 2.52. The summed E-state index contributed by atoms with van der Waals surface area (Å²) in [4.78, 5) is 29.3. The van der Waals surface area contributed by atoms with Crippen LogP contribution in [-0.2, 0) is 16.1 Å². The van der Waals surface area contributed by atoms with Gasteiger partial charge in [-0.3, -0.25) is 10.1 Å². The Hall–Kier alpha value is -3.01. The molecule has 10 nitrogen and oxygen atoms in total. The van der Waals surface area contributed by atoms with E-state index in [0.717, 1.165) is 0 Å². The summed E-state index contributed by atoms with van der Waals surface area (Å²) in [5.74, 6) is -0.962. The number of nitro groups is 1. The highest BCUT2D eigenvalue weighted by atomic mass is 16.6. The number of benzene rings is 1. The van der Waals surface area contributed by atoms with Crippen LogP contribution in [0, 0.1) is 10.1 Å². The zero-order chi connectivity index (χ0) is 17.0. The quantitative estimate of drug-likeness (QED) is 0.588. The molecule has 0 bridgehead atoms. The largest absolute Gasteiger partial charge is 0.480 e. The number of hydrogen-bond donors (Lipinski definition) is 1.